The number of benzene rings is 1. The van der Waals surface area contributed by atoms with E-state index in [4.69, 9.17) is 9.84 Å². The lowest BCUT2D eigenvalue weighted by molar-refractivity contribution is -0.139. The highest BCUT2D eigenvalue weighted by atomic mass is 79.9. The molecule has 0 bridgehead atoms. The Kier molecular flexibility index (Phi) is 4.17. The van der Waals surface area contributed by atoms with Gasteiger partial charge in [-0.05, 0) is 35.6 Å². The smallest absolute Gasteiger partial charge is 0.307 e. The average molecular weight is 428 g/mol. The van der Waals surface area contributed by atoms with Gasteiger partial charge in [-0.15, -0.1) is 0 Å². The maximum Gasteiger partial charge on any atom is 0.307 e. The van der Waals surface area contributed by atoms with E-state index in [0.717, 1.165) is 17.2 Å². The van der Waals surface area contributed by atoms with Crippen molar-refractivity contribution in [3.05, 3.63) is 56.9 Å². The van der Waals surface area contributed by atoms with Gasteiger partial charge in [-0.3, -0.25) is 4.79 Å². The first-order chi connectivity index (χ1) is 12.4. The van der Waals surface area contributed by atoms with Crippen molar-refractivity contribution in [3.63, 3.8) is 0 Å². The molecule has 0 aliphatic heterocycles. The van der Waals surface area contributed by atoms with Crippen molar-refractivity contribution in [1.82, 2.24) is 4.98 Å². The molecule has 2 aliphatic rings. The molecule has 26 heavy (non-hydrogen) atoms. The van der Waals surface area contributed by atoms with Crippen LogP contribution in [0.15, 0.2) is 28.9 Å². The second-order valence-electron chi connectivity index (χ2n) is 6.53. The van der Waals surface area contributed by atoms with Crippen molar-refractivity contribution in [3.8, 4) is 5.88 Å². The number of carbonyl (C=O) groups is 1. The highest BCUT2D eigenvalue weighted by molar-refractivity contribution is 9.10. The summed E-state index contributed by atoms with van der Waals surface area (Å²) in [4.78, 5) is 15.3. The summed E-state index contributed by atoms with van der Waals surface area (Å²) in [5, 5.41) is 9.12. The molecule has 0 saturated heterocycles. The molecule has 1 fully saturated rings. The molecule has 1 heterocycles. The highest BCUT2D eigenvalue weighted by Crippen LogP contribution is 2.61. The summed E-state index contributed by atoms with van der Waals surface area (Å²) in [5.74, 6) is -1.43. The molecular weight excluding hydrogens is 415 g/mol. The molecule has 4 rings (SSSR count). The third kappa shape index (κ3) is 2.86. The lowest BCUT2D eigenvalue weighted by atomic mass is 10.0. The van der Waals surface area contributed by atoms with Crippen LogP contribution in [0.5, 0.6) is 5.88 Å². The summed E-state index contributed by atoms with van der Waals surface area (Å²) >= 11 is 3.01. The van der Waals surface area contributed by atoms with Crippen LogP contribution < -0.4 is 4.74 Å². The first-order valence-corrected chi connectivity index (χ1v) is 8.76. The van der Waals surface area contributed by atoms with Gasteiger partial charge in [0.25, 0.3) is 6.43 Å². The van der Waals surface area contributed by atoms with Gasteiger partial charge in [0.1, 0.15) is 12.4 Å². The zero-order chi connectivity index (χ0) is 18.6. The number of halogens is 4. The van der Waals surface area contributed by atoms with Crippen LogP contribution in [0.3, 0.4) is 0 Å². The van der Waals surface area contributed by atoms with Crippen LogP contribution in [-0.4, -0.2) is 16.1 Å². The van der Waals surface area contributed by atoms with E-state index < -0.39 is 23.8 Å². The molecule has 4 nitrogen and oxygen atoms in total. The summed E-state index contributed by atoms with van der Waals surface area (Å²) < 4.78 is 45.1. The van der Waals surface area contributed by atoms with Crippen LogP contribution in [0.1, 0.15) is 34.6 Å². The predicted molar refractivity (Wildman–Crippen MR) is 88.7 cm³/mol. The molecule has 2 aromatic rings. The van der Waals surface area contributed by atoms with Crippen LogP contribution in [0.4, 0.5) is 13.2 Å². The van der Waals surface area contributed by atoms with Crippen LogP contribution in [0.25, 0.3) is 0 Å². The Morgan fingerprint density at radius 3 is 2.85 bits per heavy atom. The molecule has 1 aromatic heterocycles. The molecule has 3 atom stereocenters. The number of hydrogen-bond acceptors (Lipinski definition) is 3. The Balaban J connectivity index is 1.47. The number of aliphatic carboxylic acids is 1. The number of hydrogen-bond donors (Lipinski definition) is 1. The minimum absolute atomic E-state index is 0.0272. The number of carboxylic acid groups (broad SMARTS) is 1. The van der Waals surface area contributed by atoms with Crippen molar-refractivity contribution in [2.45, 2.75) is 25.4 Å². The summed E-state index contributed by atoms with van der Waals surface area (Å²) in [6.45, 7) is -0.148. The molecule has 2 aliphatic carbocycles. The fourth-order valence-electron chi connectivity index (χ4n) is 3.72. The number of ether oxygens (including phenoxy) is 1. The standard InChI is InChI=1S/C18H13BrF3NO3/c19-12-2-8(13(20)4-9(12)17(21)22)6-26-14-3-7-1-10-15(11(7)5-23-14)16(10)18(24)25/h2-5,10,15-17H,1,6H2,(H,24,25). The minimum atomic E-state index is -2.77. The van der Waals surface area contributed by atoms with Crippen molar-refractivity contribution in [2.24, 2.45) is 11.8 Å². The lowest BCUT2D eigenvalue weighted by Gasteiger charge is -2.11. The molecule has 0 spiro atoms. The third-order valence-electron chi connectivity index (χ3n) is 5.04. The topological polar surface area (TPSA) is 59.4 Å². The molecule has 136 valence electrons. The van der Waals surface area contributed by atoms with E-state index in [1.807, 2.05) is 0 Å². The van der Waals surface area contributed by atoms with E-state index in [0.29, 0.717) is 12.3 Å². The Bertz CT molecular complexity index is 905. The lowest BCUT2D eigenvalue weighted by Crippen LogP contribution is -2.06. The maximum atomic E-state index is 14.0. The quantitative estimate of drug-likeness (QED) is 0.764. The number of rotatable bonds is 5. The van der Waals surface area contributed by atoms with E-state index in [-0.39, 0.29) is 34.4 Å². The Hall–Kier alpha value is -2.09. The monoisotopic (exact) mass is 427 g/mol. The van der Waals surface area contributed by atoms with Gasteiger partial charge in [-0.1, -0.05) is 15.9 Å². The fraction of sp³-hybridized carbons (Fsp3) is 0.333. The molecule has 0 amide bonds. The maximum absolute atomic E-state index is 14.0. The molecular formula is C18H13BrF3NO3. The van der Waals surface area contributed by atoms with Gasteiger partial charge in [-0.25, -0.2) is 18.2 Å². The number of aromatic nitrogens is 1. The Labute approximate surface area is 155 Å². The van der Waals surface area contributed by atoms with E-state index >= 15 is 0 Å². The second kappa shape index (κ2) is 6.26. The number of nitrogens with zero attached hydrogens (tertiary/aromatic N) is 1. The third-order valence-corrected chi connectivity index (χ3v) is 5.73. The van der Waals surface area contributed by atoms with E-state index in [1.165, 1.54) is 6.07 Å². The zero-order valence-electron chi connectivity index (χ0n) is 13.3. The van der Waals surface area contributed by atoms with Crippen LogP contribution in [0, 0.1) is 17.7 Å². The molecule has 8 heteroatoms. The normalized spacial score (nSPS) is 22.9. The second-order valence-corrected chi connectivity index (χ2v) is 7.39. The number of pyridine rings is 1. The fourth-order valence-corrected chi connectivity index (χ4v) is 4.28. The van der Waals surface area contributed by atoms with E-state index in [2.05, 4.69) is 20.9 Å². The predicted octanol–water partition coefficient (Wildman–Crippen LogP) is 4.47. The highest BCUT2D eigenvalue weighted by Gasteiger charge is 2.59. The van der Waals surface area contributed by atoms with Crippen LogP contribution in [0.2, 0.25) is 0 Å². The molecule has 0 radical (unpaired) electrons. The van der Waals surface area contributed by atoms with Gasteiger partial charge in [0.2, 0.25) is 5.88 Å². The van der Waals surface area contributed by atoms with Crippen LogP contribution >= 0.6 is 15.9 Å². The Morgan fingerprint density at radius 1 is 1.38 bits per heavy atom. The average Bonchev–Trinajstić information content (AvgIpc) is 3.18. The SMILES string of the molecule is O=C(O)C1C2Cc3cc(OCc4cc(Br)c(C(F)F)cc4F)ncc3C21. The van der Waals surface area contributed by atoms with E-state index in [1.54, 1.807) is 12.3 Å². The number of carboxylic acids is 1. The molecule has 1 aromatic carbocycles. The first kappa shape index (κ1) is 17.3. The largest absolute Gasteiger partial charge is 0.481 e. The van der Waals surface area contributed by atoms with Gasteiger partial charge >= 0.3 is 5.97 Å². The summed E-state index contributed by atoms with van der Waals surface area (Å²) in [7, 11) is 0. The van der Waals surface area contributed by atoms with Gasteiger partial charge < -0.3 is 9.84 Å². The minimum Gasteiger partial charge on any atom is -0.481 e. The summed E-state index contributed by atoms with van der Waals surface area (Å²) in [6.07, 6.45) is -0.489. The van der Waals surface area contributed by atoms with Crippen molar-refractivity contribution in [1.29, 1.82) is 0 Å². The van der Waals surface area contributed by atoms with Crippen molar-refractivity contribution < 1.29 is 27.8 Å². The van der Waals surface area contributed by atoms with Crippen molar-refractivity contribution >= 4 is 21.9 Å². The Morgan fingerprint density at radius 2 is 2.15 bits per heavy atom. The van der Waals surface area contributed by atoms with Gasteiger partial charge in [0, 0.05) is 33.8 Å². The van der Waals surface area contributed by atoms with Gasteiger partial charge in [-0.2, -0.15) is 0 Å². The summed E-state index contributed by atoms with van der Waals surface area (Å²) in [5.41, 5.74) is 1.66. The molecule has 3 unspecified atom stereocenters. The van der Waals surface area contributed by atoms with Crippen molar-refractivity contribution in [2.75, 3.05) is 0 Å². The zero-order valence-corrected chi connectivity index (χ0v) is 14.8. The first-order valence-electron chi connectivity index (χ1n) is 7.97. The van der Waals surface area contributed by atoms with Gasteiger partial charge in [0.05, 0.1) is 5.92 Å². The van der Waals surface area contributed by atoms with E-state index in [9.17, 15) is 18.0 Å². The van der Waals surface area contributed by atoms with Crippen LogP contribution in [-0.2, 0) is 17.8 Å². The molecule has 1 N–H and O–H groups in total. The molecule has 1 saturated carbocycles. The number of fused-ring (bicyclic) bond motifs is 3. The van der Waals surface area contributed by atoms with Gasteiger partial charge in [0.15, 0.2) is 0 Å². The summed E-state index contributed by atoms with van der Waals surface area (Å²) in [6, 6.07) is 3.81. The number of alkyl halides is 2.